The van der Waals surface area contributed by atoms with Crippen LogP contribution in [0.3, 0.4) is 0 Å². The third kappa shape index (κ3) is 5.57. The zero-order valence-corrected chi connectivity index (χ0v) is 13.2. The molecule has 126 valence electrons. The second-order valence-corrected chi connectivity index (χ2v) is 5.27. The van der Waals surface area contributed by atoms with E-state index in [4.69, 9.17) is 9.47 Å². The number of aromatic nitrogens is 2. The number of ether oxygens (including phenoxy) is 2. The third-order valence-electron chi connectivity index (χ3n) is 3.59. The molecule has 1 aliphatic rings. The summed E-state index contributed by atoms with van der Waals surface area (Å²) in [6, 6.07) is 0.0689. The van der Waals surface area contributed by atoms with Crippen LogP contribution in [-0.2, 0) is 14.3 Å². The topological polar surface area (TPSA) is 93.7 Å². The van der Waals surface area contributed by atoms with Gasteiger partial charge in [0, 0.05) is 38.6 Å². The van der Waals surface area contributed by atoms with E-state index in [2.05, 4.69) is 15.3 Å². The van der Waals surface area contributed by atoms with Gasteiger partial charge in [0.1, 0.15) is 12.3 Å². The summed E-state index contributed by atoms with van der Waals surface area (Å²) in [7, 11) is 1.58. The van der Waals surface area contributed by atoms with Crippen molar-refractivity contribution in [1.82, 2.24) is 20.2 Å². The van der Waals surface area contributed by atoms with Crippen LogP contribution in [-0.4, -0.2) is 72.7 Å². The summed E-state index contributed by atoms with van der Waals surface area (Å²) in [6.45, 7) is 2.07. The molecule has 8 heteroatoms. The fraction of sp³-hybridized carbons (Fsp3) is 0.600. The molecule has 0 bridgehead atoms. The maximum Gasteiger partial charge on any atom is 0.274 e. The van der Waals surface area contributed by atoms with E-state index in [1.807, 2.05) is 0 Å². The number of nitrogens with one attached hydrogen (secondary N) is 1. The minimum atomic E-state index is -0.139. The largest absolute Gasteiger partial charge is 0.382 e. The first kappa shape index (κ1) is 17.3. The molecule has 2 amide bonds. The van der Waals surface area contributed by atoms with E-state index in [1.165, 1.54) is 18.6 Å². The Morgan fingerprint density at radius 2 is 2.09 bits per heavy atom. The lowest BCUT2D eigenvalue weighted by Gasteiger charge is -2.32. The highest BCUT2D eigenvalue weighted by atomic mass is 16.5. The molecule has 1 saturated heterocycles. The highest BCUT2D eigenvalue weighted by Crippen LogP contribution is 2.12. The van der Waals surface area contributed by atoms with E-state index in [9.17, 15) is 9.59 Å². The number of rotatable bonds is 7. The number of hydrogen-bond donors (Lipinski definition) is 1. The van der Waals surface area contributed by atoms with Crippen LogP contribution in [0.25, 0.3) is 0 Å². The summed E-state index contributed by atoms with van der Waals surface area (Å²) in [5.74, 6) is -0.259. The Labute approximate surface area is 135 Å². The van der Waals surface area contributed by atoms with Crippen molar-refractivity contribution in [2.24, 2.45) is 0 Å². The van der Waals surface area contributed by atoms with Gasteiger partial charge in [0.05, 0.1) is 19.4 Å². The van der Waals surface area contributed by atoms with Crippen LogP contribution in [0.1, 0.15) is 23.3 Å². The predicted octanol–water partition coefficient (Wildman–Crippen LogP) is -0.140. The van der Waals surface area contributed by atoms with E-state index < -0.39 is 0 Å². The maximum absolute atomic E-state index is 12.2. The third-order valence-corrected chi connectivity index (χ3v) is 3.59. The van der Waals surface area contributed by atoms with E-state index in [-0.39, 0.29) is 24.5 Å². The second kappa shape index (κ2) is 9.16. The molecule has 0 saturated carbocycles. The Hall–Kier alpha value is -2.06. The van der Waals surface area contributed by atoms with Crippen LogP contribution in [0, 0.1) is 0 Å². The zero-order chi connectivity index (χ0) is 16.5. The van der Waals surface area contributed by atoms with Gasteiger partial charge in [-0.25, -0.2) is 4.98 Å². The quantitative estimate of drug-likeness (QED) is 0.702. The van der Waals surface area contributed by atoms with E-state index in [1.54, 1.807) is 12.0 Å². The van der Waals surface area contributed by atoms with Gasteiger partial charge in [0.15, 0.2) is 0 Å². The minimum Gasteiger partial charge on any atom is -0.382 e. The molecule has 23 heavy (non-hydrogen) atoms. The standard InChI is InChI=1S/C15H22N4O4/c1-22-8-9-23-11-14(20)18-12-2-6-19(7-3-12)15(21)13-10-16-4-5-17-13/h4-5,10,12H,2-3,6-9,11H2,1H3,(H,18,20). The molecule has 1 aromatic heterocycles. The van der Waals surface area contributed by atoms with E-state index in [0.717, 1.165) is 12.8 Å². The monoisotopic (exact) mass is 322 g/mol. The van der Waals surface area contributed by atoms with Crippen molar-refractivity contribution in [2.45, 2.75) is 18.9 Å². The molecule has 0 unspecified atom stereocenters. The summed E-state index contributed by atoms with van der Waals surface area (Å²) < 4.78 is 10.0. The molecule has 0 aromatic carbocycles. The summed E-state index contributed by atoms with van der Waals surface area (Å²) in [6.07, 6.45) is 5.94. The van der Waals surface area contributed by atoms with Gasteiger partial charge in [-0.2, -0.15) is 0 Å². The van der Waals surface area contributed by atoms with Gasteiger partial charge in [0.25, 0.3) is 5.91 Å². The summed E-state index contributed by atoms with van der Waals surface area (Å²) in [4.78, 5) is 33.6. The lowest BCUT2D eigenvalue weighted by Crippen LogP contribution is -2.47. The number of amides is 2. The zero-order valence-electron chi connectivity index (χ0n) is 13.2. The summed E-state index contributed by atoms with van der Waals surface area (Å²) in [5, 5.41) is 2.92. The van der Waals surface area contributed by atoms with Crippen LogP contribution in [0.5, 0.6) is 0 Å². The number of nitrogens with zero attached hydrogens (tertiary/aromatic N) is 3. The van der Waals surface area contributed by atoms with Gasteiger partial charge in [0.2, 0.25) is 5.91 Å². The first-order valence-electron chi connectivity index (χ1n) is 7.62. The van der Waals surface area contributed by atoms with Crippen LogP contribution in [0.15, 0.2) is 18.6 Å². The Bertz CT molecular complexity index is 503. The molecule has 2 heterocycles. The molecule has 1 N–H and O–H groups in total. The molecule has 0 radical (unpaired) electrons. The Morgan fingerprint density at radius 1 is 1.30 bits per heavy atom. The molecular formula is C15H22N4O4. The molecule has 1 aliphatic heterocycles. The SMILES string of the molecule is COCCOCC(=O)NC1CCN(C(=O)c2cnccn2)CC1. The molecule has 0 aliphatic carbocycles. The lowest BCUT2D eigenvalue weighted by molar-refractivity contribution is -0.127. The number of piperidine rings is 1. The normalized spacial score (nSPS) is 15.4. The van der Waals surface area contributed by atoms with Crippen LogP contribution in [0.2, 0.25) is 0 Å². The van der Waals surface area contributed by atoms with E-state index >= 15 is 0 Å². The van der Waals surface area contributed by atoms with Gasteiger partial charge in [-0.3, -0.25) is 14.6 Å². The van der Waals surface area contributed by atoms with Crippen molar-refractivity contribution in [1.29, 1.82) is 0 Å². The van der Waals surface area contributed by atoms with Gasteiger partial charge < -0.3 is 19.7 Å². The first-order valence-corrected chi connectivity index (χ1v) is 7.62. The molecule has 2 rings (SSSR count). The Morgan fingerprint density at radius 3 is 2.74 bits per heavy atom. The van der Waals surface area contributed by atoms with Crippen molar-refractivity contribution in [3.63, 3.8) is 0 Å². The fourth-order valence-corrected chi connectivity index (χ4v) is 2.37. The molecule has 8 nitrogen and oxygen atoms in total. The van der Waals surface area contributed by atoms with E-state index in [0.29, 0.717) is 32.0 Å². The minimum absolute atomic E-state index is 0.0299. The molecule has 0 atom stereocenters. The van der Waals surface area contributed by atoms with Crippen LogP contribution < -0.4 is 5.32 Å². The average Bonchev–Trinajstić information content (AvgIpc) is 2.59. The highest BCUT2D eigenvalue weighted by molar-refractivity contribution is 5.92. The maximum atomic E-state index is 12.2. The Kier molecular flexibility index (Phi) is 6.89. The molecule has 1 aromatic rings. The average molecular weight is 322 g/mol. The first-order chi connectivity index (χ1) is 11.2. The van der Waals surface area contributed by atoms with Gasteiger partial charge >= 0.3 is 0 Å². The number of carbonyl (C=O) groups excluding carboxylic acids is 2. The smallest absolute Gasteiger partial charge is 0.274 e. The van der Waals surface area contributed by atoms with Gasteiger partial charge in [-0.05, 0) is 12.8 Å². The lowest BCUT2D eigenvalue weighted by atomic mass is 10.0. The fourth-order valence-electron chi connectivity index (χ4n) is 2.37. The molecule has 1 fully saturated rings. The van der Waals surface area contributed by atoms with Crippen molar-refractivity contribution < 1.29 is 19.1 Å². The Balaban J connectivity index is 1.69. The summed E-state index contributed by atoms with van der Waals surface area (Å²) >= 11 is 0. The highest BCUT2D eigenvalue weighted by Gasteiger charge is 2.25. The van der Waals surface area contributed by atoms with Crippen molar-refractivity contribution >= 4 is 11.8 Å². The number of hydrogen-bond acceptors (Lipinski definition) is 6. The van der Waals surface area contributed by atoms with Crippen molar-refractivity contribution in [3.8, 4) is 0 Å². The molecular weight excluding hydrogens is 300 g/mol. The second-order valence-electron chi connectivity index (χ2n) is 5.27. The number of likely N-dealkylation sites (tertiary alicyclic amines) is 1. The molecule has 0 spiro atoms. The summed E-state index contributed by atoms with van der Waals surface area (Å²) in [5.41, 5.74) is 0.349. The number of methoxy groups -OCH3 is 1. The number of carbonyl (C=O) groups is 2. The van der Waals surface area contributed by atoms with Crippen LogP contribution in [0.4, 0.5) is 0 Å². The van der Waals surface area contributed by atoms with Crippen molar-refractivity contribution in [3.05, 3.63) is 24.3 Å². The van der Waals surface area contributed by atoms with Crippen molar-refractivity contribution in [2.75, 3.05) is 40.0 Å². The van der Waals surface area contributed by atoms with Gasteiger partial charge in [-0.15, -0.1) is 0 Å². The predicted molar refractivity (Wildman–Crippen MR) is 81.8 cm³/mol. The van der Waals surface area contributed by atoms with Crippen LogP contribution >= 0.6 is 0 Å². The van der Waals surface area contributed by atoms with Gasteiger partial charge in [-0.1, -0.05) is 0 Å².